The van der Waals surface area contributed by atoms with E-state index in [9.17, 15) is 9.59 Å². The fourth-order valence-corrected chi connectivity index (χ4v) is 2.12. The molecule has 2 amide bonds. The van der Waals surface area contributed by atoms with E-state index in [1.807, 2.05) is 0 Å². The first-order valence-corrected chi connectivity index (χ1v) is 7.48. The Kier molecular flexibility index (Phi) is 10.6. The van der Waals surface area contributed by atoms with Crippen molar-refractivity contribution in [2.24, 2.45) is 5.73 Å². The topological polar surface area (TPSA) is 84.2 Å². The summed E-state index contributed by atoms with van der Waals surface area (Å²) in [5.41, 5.74) is 6.33. The average molecular weight is 348 g/mol. The van der Waals surface area contributed by atoms with Crippen molar-refractivity contribution in [2.45, 2.75) is 32.1 Å². The van der Waals surface area contributed by atoms with Gasteiger partial charge in [0, 0.05) is 19.2 Å². The smallest absolute Gasteiger partial charge is 0.252 e. The third-order valence-corrected chi connectivity index (χ3v) is 3.41. The van der Waals surface area contributed by atoms with Gasteiger partial charge in [-0.3, -0.25) is 9.59 Å². The van der Waals surface area contributed by atoms with E-state index >= 15 is 0 Å². The molecule has 0 spiro atoms. The lowest BCUT2D eigenvalue weighted by Crippen LogP contribution is -2.19. The van der Waals surface area contributed by atoms with Crippen molar-refractivity contribution in [3.8, 4) is 0 Å². The Morgan fingerprint density at radius 1 is 1.18 bits per heavy atom. The number of amides is 2. The van der Waals surface area contributed by atoms with Crippen LogP contribution in [0.5, 0.6) is 0 Å². The van der Waals surface area contributed by atoms with Gasteiger partial charge in [-0.05, 0) is 37.6 Å². The Bertz CT molecular complexity index is 496. The van der Waals surface area contributed by atoms with E-state index in [1.54, 1.807) is 18.2 Å². The molecule has 0 heterocycles. The molecule has 0 radical (unpaired) electrons. The van der Waals surface area contributed by atoms with Gasteiger partial charge in [0.2, 0.25) is 5.91 Å². The first-order valence-electron chi connectivity index (χ1n) is 7.10. The van der Waals surface area contributed by atoms with Gasteiger partial charge in [-0.25, -0.2) is 0 Å². The van der Waals surface area contributed by atoms with Crippen molar-refractivity contribution in [1.29, 1.82) is 0 Å². The third-order valence-electron chi connectivity index (χ3n) is 3.08. The highest BCUT2D eigenvalue weighted by atomic mass is 35.5. The fraction of sp³-hybridized carbons (Fsp3) is 0.467. The Labute approximate surface area is 142 Å². The summed E-state index contributed by atoms with van der Waals surface area (Å²) in [4.78, 5) is 23.4. The van der Waals surface area contributed by atoms with Crippen molar-refractivity contribution in [1.82, 2.24) is 5.32 Å². The van der Waals surface area contributed by atoms with Crippen LogP contribution in [0.2, 0.25) is 5.02 Å². The molecule has 1 aromatic rings. The number of anilines is 1. The molecule has 0 saturated heterocycles. The highest BCUT2D eigenvalue weighted by Crippen LogP contribution is 2.20. The van der Waals surface area contributed by atoms with Gasteiger partial charge in [-0.2, -0.15) is 0 Å². The first kappa shape index (κ1) is 20.7. The molecule has 1 rings (SSSR count). The van der Waals surface area contributed by atoms with Crippen molar-refractivity contribution in [2.75, 3.05) is 18.9 Å². The average Bonchev–Trinajstić information content (AvgIpc) is 2.48. The molecule has 124 valence electrons. The Balaban J connectivity index is 0.00000441. The zero-order chi connectivity index (χ0) is 15.7. The summed E-state index contributed by atoms with van der Waals surface area (Å²) in [6.45, 7) is 0.694. The largest absolute Gasteiger partial charge is 0.355 e. The van der Waals surface area contributed by atoms with Gasteiger partial charge in [0.15, 0.2) is 0 Å². The lowest BCUT2D eigenvalue weighted by molar-refractivity contribution is -0.116. The molecule has 0 atom stereocenters. The lowest BCUT2D eigenvalue weighted by atomic mass is 10.1. The number of hydrogen-bond acceptors (Lipinski definition) is 3. The van der Waals surface area contributed by atoms with Gasteiger partial charge in [0.05, 0.1) is 10.6 Å². The summed E-state index contributed by atoms with van der Waals surface area (Å²) in [6.07, 6.45) is 4.33. The maximum absolute atomic E-state index is 11.8. The summed E-state index contributed by atoms with van der Waals surface area (Å²) in [7, 11) is 1.53. The molecule has 0 saturated carbocycles. The predicted molar refractivity (Wildman–Crippen MR) is 92.9 cm³/mol. The number of hydrogen-bond donors (Lipinski definition) is 3. The molecule has 1 aromatic carbocycles. The van der Waals surface area contributed by atoms with Crippen LogP contribution in [0, 0.1) is 0 Å². The Morgan fingerprint density at radius 3 is 2.50 bits per heavy atom. The van der Waals surface area contributed by atoms with Gasteiger partial charge in [-0.15, -0.1) is 12.4 Å². The number of rotatable bonds is 8. The fourth-order valence-electron chi connectivity index (χ4n) is 1.92. The zero-order valence-electron chi connectivity index (χ0n) is 12.7. The van der Waals surface area contributed by atoms with E-state index in [0.717, 1.165) is 25.7 Å². The van der Waals surface area contributed by atoms with Gasteiger partial charge < -0.3 is 16.4 Å². The quantitative estimate of drug-likeness (QED) is 0.632. The molecule has 0 aromatic heterocycles. The van der Waals surface area contributed by atoms with Crippen LogP contribution in [0.4, 0.5) is 5.69 Å². The van der Waals surface area contributed by atoms with E-state index in [-0.39, 0.29) is 24.2 Å². The minimum atomic E-state index is -0.280. The van der Waals surface area contributed by atoms with Gasteiger partial charge in [-0.1, -0.05) is 24.4 Å². The van der Waals surface area contributed by atoms with Crippen molar-refractivity contribution in [3.63, 3.8) is 0 Å². The van der Waals surface area contributed by atoms with Crippen LogP contribution in [0.25, 0.3) is 0 Å². The highest BCUT2D eigenvalue weighted by Gasteiger charge is 2.10. The van der Waals surface area contributed by atoms with Crippen LogP contribution < -0.4 is 16.4 Å². The second kappa shape index (κ2) is 11.3. The second-order valence-corrected chi connectivity index (χ2v) is 5.18. The molecule has 0 aliphatic carbocycles. The molecule has 22 heavy (non-hydrogen) atoms. The molecule has 7 heteroatoms. The van der Waals surface area contributed by atoms with E-state index < -0.39 is 0 Å². The molecule has 0 unspecified atom stereocenters. The number of carbonyl (C=O) groups is 2. The van der Waals surface area contributed by atoms with Gasteiger partial charge in [0.25, 0.3) is 5.91 Å². The van der Waals surface area contributed by atoms with Crippen molar-refractivity contribution >= 4 is 41.5 Å². The number of benzene rings is 1. The summed E-state index contributed by atoms with van der Waals surface area (Å²) < 4.78 is 0. The summed E-state index contributed by atoms with van der Waals surface area (Å²) >= 11 is 5.95. The van der Waals surface area contributed by atoms with E-state index in [2.05, 4.69) is 10.6 Å². The van der Waals surface area contributed by atoms with Crippen LogP contribution in [-0.4, -0.2) is 25.4 Å². The highest BCUT2D eigenvalue weighted by molar-refractivity contribution is 6.34. The summed E-state index contributed by atoms with van der Waals surface area (Å²) in [6, 6.07) is 4.86. The van der Waals surface area contributed by atoms with E-state index in [1.165, 1.54) is 7.05 Å². The van der Waals surface area contributed by atoms with E-state index in [0.29, 0.717) is 29.2 Å². The number of unbranched alkanes of at least 4 members (excludes halogenated alkanes) is 3. The SMILES string of the molecule is CNC(=O)c1cc(NC(=O)CCCCCCN)ccc1Cl.Cl. The van der Waals surface area contributed by atoms with Crippen molar-refractivity contribution in [3.05, 3.63) is 28.8 Å². The molecule has 4 N–H and O–H groups in total. The Morgan fingerprint density at radius 2 is 1.86 bits per heavy atom. The maximum atomic E-state index is 11.8. The summed E-state index contributed by atoms with van der Waals surface area (Å²) in [5.74, 6) is -0.342. The predicted octanol–water partition coefficient (Wildman–Crippen LogP) is 2.97. The third kappa shape index (κ3) is 7.11. The van der Waals surface area contributed by atoms with Crippen LogP contribution in [0.15, 0.2) is 18.2 Å². The first-order chi connectivity index (χ1) is 10.1. The number of nitrogens with one attached hydrogen (secondary N) is 2. The van der Waals surface area contributed by atoms with E-state index in [4.69, 9.17) is 17.3 Å². The lowest BCUT2D eigenvalue weighted by Gasteiger charge is -2.08. The van der Waals surface area contributed by atoms with Crippen molar-refractivity contribution < 1.29 is 9.59 Å². The normalized spacial score (nSPS) is 9.77. The number of halogens is 2. The van der Waals surface area contributed by atoms with Crippen LogP contribution >= 0.6 is 24.0 Å². The molecular weight excluding hydrogens is 325 g/mol. The zero-order valence-corrected chi connectivity index (χ0v) is 14.2. The monoisotopic (exact) mass is 347 g/mol. The van der Waals surface area contributed by atoms with Gasteiger partial charge >= 0.3 is 0 Å². The van der Waals surface area contributed by atoms with Crippen LogP contribution in [0.3, 0.4) is 0 Å². The summed E-state index contributed by atoms with van der Waals surface area (Å²) in [5, 5.41) is 5.64. The maximum Gasteiger partial charge on any atom is 0.252 e. The van der Waals surface area contributed by atoms with Gasteiger partial charge in [0.1, 0.15) is 0 Å². The van der Waals surface area contributed by atoms with Crippen LogP contribution in [0.1, 0.15) is 42.5 Å². The molecule has 0 aliphatic heterocycles. The standard InChI is InChI=1S/C15H22ClN3O2.ClH/c1-18-15(21)12-10-11(7-8-13(12)16)19-14(20)6-4-2-3-5-9-17;/h7-8,10H,2-6,9,17H2,1H3,(H,18,21)(H,19,20);1H. The number of nitrogens with two attached hydrogens (primary N) is 1. The minimum Gasteiger partial charge on any atom is -0.355 e. The molecule has 5 nitrogen and oxygen atoms in total. The van der Waals surface area contributed by atoms with Crippen LogP contribution in [-0.2, 0) is 4.79 Å². The second-order valence-electron chi connectivity index (χ2n) is 4.77. The molecule has 0 aliphatic rings. The molecule has 0 bridgehead atoms. The number of carbonyl (C=O) groups excluding carboxylic acids is 2. The minimum absolute atomic E-state index is 0. The molecular formula is C15H23Cl2N3O2. The Hall–Kier alpha value is -1.30. The molecule has 0 fully saturated rings.